The predicted octanol–water partition coefficient (Wildman–Crippen LogP) is 4.14. The molecule has 0 radical (unpaired) electrons. The third-order valence-corrected chi connectivity index (χ3v) is 2.24. The normalized spacial score (nSPS) is 13.9. The average molecular weight is 324 g/mol. The van der Waals surface area contributed by atoms with Crippen molar-refractivity contribution >= 4 is 0 Å². The molecule has 0 aromatic rings. The molecular weight excluding hydrogens is 312 g/mol. The molecule has 0 aliphatic heterocycles. The predicted molar refractivity (Wildman–Crippen MR) is 58.8 cm³/mol. The first kappa shape index (κ1) is 19.7. The monoisotopic (exact) mass is 324 g/mol. The smallest absolute Gasteiger partial charge is 0.356 e. The van der Waals surface area contributed by atoms with Crippen LogP contribution in [0.3, 0.4) is 0 Å². The maximum atomic E-state index is 13.2. The van der Waals surface area contributed by atoms with Crippen molar-refractivity contribution < 1.29 is 39.9 Å². The van der Waals surface area contributed by atoms with Gasteiger partial charge in [-0.05, 0) is 19.9 Å². The third-order valence-electron chi connectivity index (χ3n) is 2.24. The topological polar surface area (TPSA) is 9.23 Å². The molecule has 0 heterocycles. The van der Waals surface area contributed by atoms with Gasteiger partial charge in [-0.15, -0.1) is 0 Å². The van der Waals surface area contributed by atoms with Crippen molar-refractivity contribution in [1.29, 1.82) is 0 Å². The number of allylic oxidation sites excluding steroid dienone is 1. The van der Waals surface area contributed by atoms with Crippen molar-refractivity contribution in [3.05, 3.63) is 12.7 Å². The number of hydrogen-bond acceptors (Lipinski definition) is 1. The van der Waals surface area contributed by atoms with Gasteiger partial charge < -0.3 is 4.74 Å². The van der Waals surface area contributed by atoms with Crippen LogP contribution in [-0.4, -0.2) is 36.4 Å². The summed E-state index contributed by atoms with van der Waals surface area (Å²) in [4.78, 5) is 0. The molecule has 0 saturated heterocycles. The molecule has 0 N–H and O–H groups in total. The molecule has 1 nitrogen and oxygen atoms in total. The molecule has 0 unspecified atom stereocenters. The Morgan fingerprint density at radius 1 is 1.10 bits per heavy atom. The molecule has 9 heteroatoms. The summed E-state index contributed by atoms with van der Waals surface area (Å²) < 4.78 is 105. The van der Waals surface area contributed by atoms with Gasteiger partial charge in [-0.2, -0.15) is 26.3 Å². The maximum Gasteiger partial charge on any atom is 0.380 e. The van der Waals surface area contributed by atoms with Gasteiger partial charge in [-0.1, -0.05) is 18.4 Å². The molecule has 0 aliphatic rings. The first-order chi connectivity index (χ1) is 9.21. The average Bonchev–Trinajstić information content (AvgIpc) is 2.33. The summed E-state index contributed by atoms with van der Waals surface area (Å²) in [5, 5.41) is 0. The zero-order valence-corrected chi connectivity index (χ0v) is 11.0. The van der Waals surface area contributed by atoms with Crippen LogP contribution in [-0.2, 0) is 4.74 Å². The van der Waals surface area contributed by atoms with Gasteiger partial charge in [0.25, 0.3) is 0 Å². The Morgan fingerprint density at radius 2 is 1.57 bits per heavy atom. The van der Waals surface area contributed by atoms with Crippen molar-refractivity contribution in [2.24, 2.45) is 0 Å². The minimum atomic E-state index is -6.28. The van der Waals surface area contributed by atoms with E-state index in [9.17, 15) is 35.1 Å². The fourth-order valence-corrected chi connectivity index (χ4v) is 1.00. The summed E-state index contributed by atoms with van der Waals surface area (Å²) in [7, 11) is 0. The fourth-order valence-electron chi connectivity index (χ4n) is 1.00. The molecule has 21 heavy (non-hydrogen) atoms. The SMILES string of the molecule is C=CC#CC(C)(C)OCC(F)(F)C(F)(F)C(F)(F)C(F)F. The lowest BCUT2D eigenvalue weighted by atomic mass is 10.0. The maximum absolute atomic E-state index is 13.2. The van der Waals surface area contributed by atoms with Crippen LogP contribution in [0.2, 0.25) is 0 Å². The molecule has 0 amide bonds. The van der Waals surface area contributed by atoms with Gasteiger partial charge in [-0.25, -0.2) is 8.78 Å². The standard InChI is InChI=1S/C12H12F8O/c1-4-5-6-9(2,3)21-7-10(15,16)12(19,20)11(17,18)8(13)14/h4,8H,1,7H2,2-3H3. The molecule has 122 valence electrons. The van der Waals surface area contributed by atoms with Gasteiger partial charge in [0.15, 0.2) is 0 Å². The largest absolute Gasteiger partial charge is 0.380 e. The molecule has 0 aromatic heterocycles. The second-order valence-electron chi connectivity index (χ2n) is 4.47. The molecule has 0 aliphatic carbocycles. The van der Waals surface area contributed by atoms with E-state index >= 15 is 0 Å². The highest BCUT2D eigenvalue weighted by Crippen LogP contribution is 2.48. The minimum Gasteiger partial charge on any atom is -0.356 e. The minimum absolute atomic E-state index is 1.06. The van der Waals surface area contributed by atoms with Crippen molar-refractivity contribution in [3.8, 4) is 11.8 Å². The van der Waals surface area contributed by atoms with E-state index in [1.54, 1.807) is 0 Å². The van der Waals surface area contributed by atoms with Crippen LogP contribution in [0, 0.1) is 11.8 Å². The molecule has 0 spiro atoms. The third kappa shape index (κ3) is 4.33. The molecule has 0 saturated carbocycles. The lowest BCUT2D eigenvalue weighted by Crippen LogP contribution is -2.59. The molecule has 0 fully saturated rings. The molecular formula is C12H12F8O. The van der Waals surface area contributed by atoms with Crippen LogP contribution in [0.1, 0.15) is 13.8 Å². The molecule has 0 aromatic carbocycles. The van der Waals surface area contributed by atoms with E-state index in [0.29, 0.717) is 0 Å². The summed E-state index contributed by atoms with van der Waals surface area (Å²) in [5.41, 5.74) is -1.69. The lowest BCUT2D eigenvalue weighted by molar-refractivity contribution is -0.348. The fraction of sp³-hybridized carbons (Fsp3) is 0.667. The summed E-state index contributed by atoms with van der Waals surface area (Å²) in [5.74, 6) is -13.6. The Kier molecular flexibility index (Phi) is 5.83. The van der Waals surface area contributed by atoms with Gasteiger partial charge in [0.1, 0.15) is 12.2 Å². The van der Waals surface area contributed by atoms with Crippen LogP contribution >= 0.6 is 0 Å². The number of alkyl halides is 8. The summed E-state index contributed by atoms with van der Waals surface area (Å²) in [6.45, 7) is 3.18. The number of hydrogen-bond donors (Lipinski definition) is 0. The Hall–Kier alpha value is -1.30. The van der Waals surface area contributed by atoms with Crippen LogP contribution in [0.15, 0.2) is 12.7 Å². The van der Waals surface area contributed by atoms with Gasteiger partial charge in [0.05, 0.1) is 0 Å². The van der Waals surface area contributed by atoms with Crippen LogP contribution in [0.25, 0.3) is 0 Å². The molecule has 0 bridgehead atoms. The van der Waals surface area contributed by atoms with E-state index in [0.717, 1.165) is 19.9 Å². The van der Waals surface area contributed by atoms with Crippen molar-refractivity contribution in [3.63, 3.8) is 0 Å². The first-order valence-electron chi connectivity index (χ1n) is 5.40. The van der Waals surface area contributed by atoms with Crippen LogP contribution in [0.5, 0.6) is 0 Å². The zero-order valence-electron chi connectivity index (χ0n) is 11.0. The van der Waals surface area contributed by atoms with Crippen molar-refractivity contribution in [2.45, 2.75) is 43.6 Å². The number of rotatable bonds is 6. The van der Waals surface area contributed by atoms with E-state index in [1.807, 2.05) is 0 Å². The van der Waals surface area contributed by atoms with E-state index < -0.39 is 36.4 Å². The van der Waals surface area contributed by atoms with E-state index in [2.05, 4.69) is 23.2 Å². The van der Waals surface area contributed by atoms with Crippen molar-refractivity contribution in [1.82, 2.24) is 0 Å². The second kappa shape index (κ2) is 6.22. The van der Waals surface area contributed by atoms with Gasteiger partial charge in [-0.3, -0.25) is 0 Å². The van der Waals surface area contributed by atoms with Crippen LogP contribution < -0.4 is 0 Å². The van der Waals surface area contributed by atoms with Crippen molar-refractivity contribution in [2.75, 3.05) is 6.61 Å². The summed E-state index contributed by atoms with van der Waals surface area (Å²) in [6.07, 6.45) is -3.89. The highest BCUT2D eigenvalue weighted by atomic mass is 19.4. The van der Waals surface area contributed by atoms with E-state index in [4.69, 9.17) is 0 Å². The van der Waals surface area contributed by atoms with Gasteiger partial charge >= 0.3 is 24.2 Å². The Labute approximate surface area is 116 Å². The Balaban J connectivity index is 5.18. The highest BCUT2D eigenvalue weighted by molar-refractivity contribution is 5.19. The highest BCUT2D eigenvalue weighted by Gasteiger charge is 2.75. The second-order valence-corrected chi connectivity index (χ2v) is 4.47. The van der Waals surface area contributed by atoms with Crippen LogP contribution in [0.4, 0.5) is 35.1 Å². The number of ether oxygens (including phenoxy) is 1. The summed E-state index contributed by atoms with van der Waals surface area (Å²) in [6, 6.07) is 0. The zero-order chi connectivity index (χ0) is 17.1. The quantitative estimate of drug-likeness (QED) is 0.527. The van der Waals surface area contributed by atoms with Gasteiger partial charge in [0.2, 0.25) is 0 Å². The first-order valence-corrected chi connectivity index (χ1v) is 5.40. The van der Waals surface area contributed by atoms with E-state index in [-0.39, 0.29) is 0 Å². The molecule has 0 rings (SSSR count). The van der Waals surface area contributed by atoms with E-state index in [1.165, 1.54) is 0 Å². The Morgan fingerprint density at radius 3 is 1.95 bits per heavy atom. The summed E-state index contributed by atoms with van der Waals surface area (Å²) >= 11 is 0. The lowest BCUT2D eigenvalue weighted by Gasteiger charge is -2.33. The Bertz CT molecular complexity index is 430. The number of halogens is 8. The molecule has 0 atom stereocenters. The van der Waals surface area contributed by atoms with Gasteiger partial charge in [0, 0.05) is 0 Å².